The number of aryl methyl sites for hydroxylation is 2. The smallest absolute Gasteiger partial charge is 0.309 e. The summed E-state index contributed by atoms with van der Waals surface area (Å²) in [4.78, 5) is 28.4. The molecule has 2 aromatic rings. The second-order valence-corrected chi connectivity index (χ2v) is 9.67. The van der Waals surface area contributed by atoms with Gasteiger partial charge in [-0.25, -0.2) is 13.4 Å². The number of nitrogens with one attached hydrogen (secondary N) is 1. The maximum absolute atomic E-state index is 12.7. The second-order valence-electron chi connectivity index (χ2n) is 7.38. The van der Waals surface area contributed by atoms with Gasteiger partial charge in [0.05, 0.1) is 16.5 Å². The van der Waals surface area contributed by atoms with E-state index in [1.54, 1.807) is 18.5 Å². The molecule has 12 heteroatoms. The molecule has 3 rings (SSSR count). The average molecular weight is 480 g/mol. The van der Waals surface area contributed by atoms with Crippen LogP contribution in [0.1, 0.15) is 24.2 Å². The van der Waals surface area contributed by atoms with E-state index in [-0.39, 0.29) is 41.5 Å². The van der Waals surface area contributed by atoms with Crippen molar-refractivity contribution in [2.24, 2.45) is 13.0 Å². The first-order valence-electron chi connectivity index (χ1n) is 9.78. The van der Waals surface area contributed by atoms with Crippen molar-refractivity contribution in [1.82, 2.24) is 13.9 Å². The topological polar surface area (TPSA) is 134 Å². The van der Waals surface area contributed by atoms with Crippen LogP contribution in [0.3, 0.4) is 0 Å². The number of imidazole rings is 1. The zero-order chi connectivity index (χ0) is 23.5. The molecule has 1 fully saturated rings. The molecule has 1 aliphatic rings. The number of amides is 1. The van der Waals surface area contributed by atoms with Crippen molar-refractivity contribution in [1.29, 1.82) is 5.26 Å². The molecule has 170 valence electrons. The van der Waals surface area contributed by atoms with E-state index in [0.29, 0.717) is 11.5 Å². The fourth-order valence-electron chi connectivity index (χ4n) is 3.25. The molecule has 0 atom stereocenters. The maximum Gasteiger partial charge on any atom is 0.309 e. The fourth-order valence-corrected chi connectivity index (χ4v) is 4.97. The van der Waals surface area contributed by atoms with Crippen molar-refractivity contribution in [3.63, 3.8) is 0 Å². The van der Waals surface area contributed by atoms with Gasteiger partial charge < -0.3 is 14.6 Å². The average Bonchev–Trinajstić information content (AvgIpc) is 3.11. The van der Waals surface area contributed by atoms with E-state index in [4.69, 9.17) is 21.6 Å². The molecule has 1 N–H and O–H groups in total. The molecule has 0 radical (unpaired) electrons. The van der Waals surface area contributed by atoms with Gasteiger partial charge in [-0.2, -0.15) is 9.57 Å². The number of ether oxygens (including phenoxy) is 1. The number of carbonyl (C=O) groups excluding carboxylic acids is 2. The van der Waals surface area contributed by atoms with Gasteiger partial charge in [-0.15, -0.1) is 0 Å². The van der Waals surface area contributed by atoms with E-state index < -0.39 is 34.4 Å². The Morgan fingerprint density at radius 3 is 2.59 bits per heavy atom. The SMILES string of the molecule is Cc1nc(S(=O)(=O)N2CCC(C(=O)OCC(=O)Nc3ccc(C#N)c(Cl)c3)CC2)cn1C. The normalized spacial score (nSPS) is 15.2. The van der Waals surface area contributed by atoms with Gasteiger partial charge in [0.1, 0.15) is 11.9 Å². The summed E-state index contributed by atoms with van der Waals surface area (Å²) in [6.07, 6.45) is 2.04. The Kier molecular flexibility index (Phi) is 7.18. The summed E-state index contributed by atoms with van der Waals surface area (Å²) in [6, 6.07) is 6.33. The third-order valence-corrected chi connectivity index (χ3v) is 7.28. The van der Waals surface area contributed by atoms with Crippen molar-refractivity contribution in [3.8, 4) is 6.07 Å². The first-order chi connectivity index (χ1) is 15.1. The number of aromatic nitrogens is 2. The van der Waals surface area contributed by atoms with Gasteiger partial charge in [0.25, 0.3) is 15.9 Å². The van der Waals surface area contributed by atoms with Crippen molar-refractivity contribution >= 4 is 39.2 Å². The summed E-state index contributed by atoms with van der Waals surface area (Å²) in [6.45, 7) is 1.55. The number of nitrogens with zero attached hydrogens (tertiary/aromatic N) is 4. The van der Waals surface area contributed by atoms with Crippen LogP contribution in [0, 0.1) is 24.2 Å². The highest BCUT2D eigenvalue weighted by Crippen LogP contribution is 2.24. The molecule has 1 amide bonds. The summed E-state index contributed by atoms with van der Waals surface area (Å²) >= 11 is 5.92. The summed E-state index contributed by atoms with van der Waals surface area (Å²) < 4.78 is 33.5. The molecule has 1 aromatic carbocycles. The predicted octanol–water partition coefficient (Wildman–Crippen LogP) is 1.84. The van der Waals surface area contributed by atoms with Gasteiger partial charge in [-0.3, -0.25) is 9.59 Å². The van der Waals surface area contributed by atoms with Crippen LogP contribution in [0.25, 0.3) is 0 Å². The summed E-state index contributed by atoms with van der Waals surface area (Å²) in [5, 5.41) is 11.6. The van der Waals surface area contributed by atoms with Crippen LogP contribution in [0.4, 0.5) is 5.69 Å². The quantitative estimate of drug-likeness (QED) is 0.624. The Hall–Kier alpha value is -2.94. The molecule has 32 heavy (non-hydrogen) atoms. The predicted molar refractivity (Wildman–Crippen MR) is 115 cm³/mol. The third-order valence-electron chi connectivity index (χ3n) is 5.20. The molecule has 0 bridgehead atoms. The lowest BCUT2D eigenvalue weighted by Gasteiger charge is -2.29. The highest BCUT2D eigenvalue weighted by molar-refractivity contribution is 7.89. The standard InChI is InChI=1S/C20H22ClN5O5S/c1-13-23-19(11-25(13)2)32(29,30)26-7-5-14(6-8-26)20(28)31-12-18(27)24-16-4-3-15(10-22)17(21)9-16/h3-4,9,11,14H,5-8,12H2,1-2H3,(H,24,27). The Morgan fingerprint density at radius 1 is 1.34 bits per heavy atom. The van der Waals surface area contributed by atoms with Crippen LogP contribution in [0.5, 0.6) is 0 Å². The fraction of sp³-hybridized carbons (Fsp3) is 0.400. The van der Waals surface area contributed by atoms with E-state index in [0.717, 1.165) is 0 Å². The minimum atomic E-state index is -3.73. The van der Waals surface area contributed by atoms with Gasteiger partial charge in [0, 0.05) is 32.0 Å². The Morgan fingerprint density at radius 2 is 2.03 bits per heavy atom. The monoisotopic (exact) mass is 479 g/mol. The van der Waals surface area contributed by atoms with Crippen LogP contribution < -0.4 is 5.32 Å². The number of piperidine rings is 1. The number of sulfonamides is 1. The number of rotatable bonds is 6. The lowest BCUT2D eigenvalue weighted by molar-refractivity contribution is -0.152. The molecule has 2 heterocycles. The lowest BCUT2D eigenvalue weighted by Crippen LogP contribution is -2.41. The lowest BCUT2D eigenvalue weighted by atomic mass is 9.98. The van der Waals surface area contributed by atoms with Crippen LogP contribution in [-0.4, -0.2) is 53.8 Å². The zero-order valence-corrected chi connectivity index (χ0v) is 19.1. The number of esters is 1. The summed E-state index contributed by atoms with van der Waals surface area (Å²) in [5.74, 6) is -1.01. The minimum absolute atomic E-state index is 0.0156. The molecule has 0 unspecified atom stereocenters. The zero-order valence-electron chi connectivity index (χ0n) is 17.5. The summed E-state index contributed by atoms with van der Waals surface area (Å²) in [5.41, 5.74) is 0.654. The second kappa shape index (κ2) is 9.68. The van der Waals surface area contributed by atoms with Gasteiger partial charge in [-0.05, 0) is 38.0 Å². The van der Waals surface area contributed by atoms with Crippen LogP contribution in [-0.2, 0) is 31.4 Å². The van der Waals surface area contributed by atoms with Crippen molar-refractivity contribution in [3.05, 3.63) is 40.8 Å². The van der Waals surface area contributed by atoms with Gasteiger partial charge in [-0.1, -0.05) is 11.6 Å². The highest BCUT2D eigenvalue weighted by atomic mass is 35.5. The number of hydrogen-bond donors (Lipinski definition) is 1. The summed E-state index contributed by atoms with van der Waals surface area (Å²) in [7, 11) is -2.01. The van der Waals surface area contributed by atoms with E-state index in [1.165, 1.54) is 28.7 Å². The molecule has 1 saturated heterocycles. The third kappa shape index (κ3) is 5.27. The van der Waals surface area contributed by atoms with Crippen LogP contribution in [0.15, 0.2) is 29.4 Å². The Bertz CT molecular complexity index is 1160. The first kappa shape index (κ1) is 23.7. The van der Waals surface area contributed by atoms with E-state index in [1.807, 2.05) is 6.07 Å². The van der Waals surface area contributed by atoms with Crippen molar-refractivity contribution in [2.45, 2.75) is 24.8 Å². The number of anilines is 1. The molecule has 0 saturated carbocycles. The maximum atomic E-state index is 12.7. The molecular formula is C20H22ClN5O5S. The van der Waals surface area contributed by atoms with Crippen molar-refractivity contribution < 1.29 is 22.7 Å². The number of carbonyl (C=O) groups is 2. The van der Waals surface area contributed by atoms with E-state index >= 15 is 0 Å². The number of benzene rings is 1. The number of hydrogen-bond acceptors (Lipinski definition) is 7. The molecular weight excluding hydrogens is 458 g/mol. The van der Waals surface area contributed by atoms with Crippen LogP contribution in [0.2, 0.25) is 5.02 Å². The minimum Gasteiger partial charge on any atom is -0.455 e. The van der Waals surface area contributed by atoms with Crippen LogP contribution >= 0.6 is 11.6 Å². The molecule has 0 aliphatic carbocycles. The Balaban J connectivity index is 1.48. The van der Waals surface area contributed by atoms with E-state index in [2.05, 4.69) is 10.3 Å². The van der Waals surface area contributed by atoms with Gasteiger partial charge in [0.15, 0.2) is 11.6 Å². The molecule has 1 aromatic heterocycles. The first-order valence-corrected chi connectivity index (χ1v) is 11.6. The Labute approximate surface area is 190 Å². The number of nitriles is 1. The van der Waals surface area contributed by atoms with Crippen molar-refractivity contribution in [2.75, 3.05) is 25.0 Å². The van der Waals surface area contributed by atoms with Gasteiger partial charge >= 0.3 is 5.97 Å². The van der Waals surface area contributed by atoms with Gasteiger partial charge in [0.2, 0.25) is 0 Å². The largest absolute Gasteiger partial charge is 0.455 e. The molecule has 1 aliphatic heterocycles. The molecule has 0 spiro atoms. The molecule has 10 nitrogen and oxygen atoms in total. The van der Waals surface area contributed by atoms with E-state index in [9.17, 15) is 18.0 Å². The highest BCUT2D eigenvalue weighted by Gasteiger charge is 2.34. The number of halogens is 1.